The first-order chi connectivity index (χ1) is 20.0. The van der Waals surface area contributed by atoms with Gasteiger partial charge in [-0.25, -0.2) is 4.39 Å². The van der Waals surface area contributed by atoms with E-state index >= 15 is 4.39 Å². The van der Waals surface area contributed by atoms with Gasteiger partial charge in [0.1, 0.15) is 16.8 Å². The maximum absolute atomic E-state index is 16.0. The molecule has 4 aromatic carbocycles. The molecule has 0 radical (unpaired) electrons. The molecule has 8 nitrogen and oxygen atoms in total. The van der Waals surface area contributed by atoms with Crippen molar-refractivity contribution in [2.75, 3.05) is 31.6 Å². The average molecular weight is 547 g/mol. The summed E-state index contributed by atoms with van der Waals surface area (Å²) in [6, 6.07) is 20.5. The van der Waals surface area contributed by atoms with E-state index in [1.807, 2.05) is 66.9 Å². The molecular formula is C32H23FN4O4. The van der Waals surface area contributed by atoms with Crippen molar-refractivity contribution in [1.29, 1.82) is 0 Å². The van der Waals surface area contributed by atoms with Crippen LogP contribution in [0.4, 0.5) is 15.8 Å². The van der Waals surface area contributed by atoms with Crippen molar-refractivity contribution < 1.29 is 18.7 Å². The SMILES string of the molecule is O=C(c1cn2c3c(c(Nc4ccc5[nH]ccc5c4)c(F)cc3c1=O)Oc1cc3ccccc3cc1-2)N1CCOCC1. The number of H-pyrrole nitrogens is 1. The van der Waals surface area contributed by atoms with Gasteiger partial charge in [0.25, 0.3) is 5.91 Å². The van der Waals surface area contributed by atoms with Gasteiger partial charge < -0.3 is 29.2 Å². The van der Waals surface area contributed by atoms with Crippen LogP contribution in [-0.2, 0) is 4.74 Å². The zero-order chi connectivity index (χ0) is 27.7. The Balaban J connectivity index is 1.38. The number of fused-ring (bicyclic) bond motifs is 4. The molecule has 0 aliphatic carbocycles. The van der Waals surface area contributed by atoms with Crippen LogP contribution in [0.5, 0.6) is 11.5 Å². The fourth-order valence-corrected chi connectivity index (χ4v) is 5.78. The first kappa shape index (κ1) is 23.7. The van der Waals surface area contributed by atoms with Crippen molar-refractivity contribution in [2.45, 2.75) is 0 Å². The van der Waals surface area contributed by atoms with E-state index in [0.29, 0.717) is 48.9 Å². The summed E-state index contributed by atoms with van der Waals surface area (Å²) in [4.78, 5) is 32.1. The zero-order valence-corrected chi connectivity index (χ0v) is 21.7. The second kappa shape index (κ2) is 8.94. The standard InChI is InChI=1S/C32H23FN4O4/c33-24-16-22-29-31(28(24)35-21-5-6-25-20(13-21)7-8-34-25)41-27-15-19-4-2-1-3-18(19)14-26(27)37(29)17-23(30(22)38)32(39)36-9-11-40-12-10-36/h1-8,13-17,34-35H,9-12H2. The summed E-state index contributed by atoms with van der Waals surface area (Å²) in [6.45, 7) is 1.57. The molecule has 4 heterocycles. The normalized spacial score (nSPS) is 14.3. The molecule has 6 aromatic rings. The van der Waals surface area contributed by atoms with Crippen LogP contribution < -0.4 is 15.5 Å². The van der Waals surface area contributed by atoms with Crippen LogP contribution in [0.2, 0.25) is 0 Å². The molecule has 1 fully saturated rings. The summed E-state index contributed by atoms with van der Waals surface area (Å²) < 4.78 is 29.5. The summed E-state index contributed by atoms with van der Waals surface area (Å²) in [6.07, 6.45) is 3.41. The van der Waals surface area contributed by atoms with Crippen LogP contribution in [-0.4, -0.2) is 46.7 Å². The van der Waals surface area contributed by atoms with Crippen LogP contribution >= 0.6 is 0 Å². The number of aromatic nitrogens is 2. The van der Waals surface area contributed by atoms with E-state index in [1.54, 1.807) is 15.7 Å². The number of nitrogens with zero attached hydrogens (tertiary/aromatic N) is 2. The van der Waals surface area contributed by atoms with E-state index in [9.17, 15) is 9.59 Å². The molecule has 1 amide bonds. The van der Waals surface area contributed by atoms with Gasteiger partial charge in [0.2, 0.25) is 5.43 Å². The topological polar surface area (TPSA) is 88.6 Å². The number of anilines is 2. The Kier molecular flexibility index (Phi) is 5.17. The third-order valence-electron chi connectivity index (χ3n) is 7.85. The maximum atomic E-state index is 16.0. The van der Waals surface area contributed by atoms with Gasteiger partial charge in [-0.3, -0.25) is 9.59 Å². The molecular weight excluding hydrogens is 523 g/mol. The molecule has 1 saturated heterocycles. The van der Waals surface area contributed by atoms with Crippen molar-refractivity contribution in [3.63, 3.8) is 0 Å². The molecule has 2 aromatic heterocycles. The fourth-order valence-electron chi connectivity index (χ4n) is 5.78. The van der Waals surface area contributed by atoms with Gasteiger partial charge in [-0.15, -0.1) is 0 Å². The predicted molar refractivity (Wildman–Crippen MR) is 155 cm³/mol. The van der Waals surface area contributed by atoms with Gasteiger partial charge in [0.15, 0.2) is 17.3 Å². The summed E-state index contributed by atoms with van der Waals surface area (Å²) in [5.41, 5.74) is 2.20. The lowest BCUT2D eigenvalue weighted by atomic mass is 10.0. The van der Waals surface area contributed by atoms with Crippen molar-refractivity contribution in [3.8, 4) is 17.2 Å². The second-order valence-corrected chi connectivity index (χ2v) is 10.3. The number of hydrogen-bond acceptors (Lipinski definition) is 5. The Morgan fingerprint density at radius 3 is 2.59 bits per heavy atom. The summed E-state index contributed by atoms with van der Waals surface area (Å²) in [5.74, 6) is -0.396. The van der Waals surface area contributed by atoms with Crippen molar-refractivity contribution in [2.24, 2.45) is 0 Å². The number of ether oxygens (including phenoxy) is 2. The molecule has 0 unspecified atom stereocenters. The average Bonchev–Trinajstić information content (AvgIpc) is 3.47. The summed E-state index contributed by atoms with van der Waals surface area (Å²) >= 11 is 0. The summed E-state index contributed by atoms with van der Waals surface area (Å²) in [7, 11) is 0. The minimum absolute atomic E-state index is 0.0237. The first-order valence-electron chi connectivity index (χ1n) is 13.4. The highest BCUT2D eigenvalue weighted by Gasteiger charge is 2.30. The van der Waals surface area contributed by atoms with Crippen LogP contribution in [0.15, 0.2) is 83.9 Å². The van der Waals surface area contributed by atoms with Crippen LogP contribution in [0.1, 0.15) is 10.4 Å². The van der Waals surface area contributed by atoms with Crippen molar-refractivity contribution >= 4 is 49.9 Å². The lowest BCUT2D eigenvalue weighted by Crippen LogP contribution is -2.42. The van der Waals surface area contributed by atoms with Crippen LogP contribution in [0.25, 0.3) is 38.3 Å². The molecule has 2 aliphatic heterocycles. The number of morpholine rings is 1. The largest absolute Gasteiger partial charge is 0.451 e. The van der Waals surface area contributed by atoms with Gasteiger partial charge in [-0.2, -0.15) is 0 Å². The minimum atomic E-state index is -0.662. The van der Waals surface area contributed by atoms with E-state index in [-0.39, 0.29) is 22.4 Å². The number of nitrogens with one attached hydrogen (secondary N) is 2. The molecule has 2 aliphatic rings. The van der Waals surface area contributed by atoms with Crippen LogP contribution in [0.3, 0.4) is 0 Å². The summed E-state index contributed by atoms with van der Waals surface area (Å²) in [5, 5.41) is 6.13. The van der Waals surface area contributed by atoms with E-state index in [2.05, 4.69) is 10.3 Å². The lowest BCUT2D eigenvalue weighted by molar-refractivity contribution is 0.0302. The first-order valence-corrected chi connectivity index (χ1v) is 13.4. The van der Waals surface area contributed by atoms with E-state index < -0.39 is 17.2 Å². The smallest absolute Gasteiger partial charge is 0.259 e. The Labute approximate surface area is 232 Å². The molecule has 8 rings (SSSR count). The Morgan fingerprint density at radius 1 is 0.951 bits per heavy atom. The number of benzene rings is 4. The molecule has 2 N–H and O–H groups in total. The monoisotopic (exact) mass is 546 g/mol. The third-order valence-corrected chi connectivity index (χ3v) is 7.85. The van der Waals surface area contributed by atoms with E-state index in [0.717, 1.165) is 21.7 Å². The van der Waals surface area contributed by atoms with Gasteiger partial charge in [0.05, 0.1) is 24.3 Å². The van der Waals surface area contributed by atoms with Gasteiger partial charge >= 0.3 is 0 Å². The number of carbonyl (C=O) groups is 1. The number of amides is 1. The lowest BCUT2D eigenvalue weighted by Gasteiger charge is -2.29. The number of aromatic amines is 1. The third kappa shape index (κ3) is 3.70. The number of rotatable bonds is 3. The highest BCUT2D eigenvalue weighted by molar-refractivity contribution is 6.02. The fraction of sp³-hybridized carbons (Fsp3) is 0.125. The molecule has 202 valence electrons. The predicted octanol–water partition coefficient (Wildman–Crippen LogP) is 6.09. The zero-order valence-electron chi connectivity index (χ0n) is 21.7. The van der Waals surface area contributed by atoms with Crippen molar-refractivity contribution in [1.82, 2.24) is 14.5 Å². The number of hydrogen-bond donors (Lipinski definition) is 2. The highest BCUT2D eigenvalue weighted by atomic mass is 19.1. The Bertz CT molecular complexity index is 2110. The number of halogens is 1. The minimum Gasteiger partial charge on any atom is -0.451 e. The molecule has 9 heteroatoms. The quantitative estimate of drug-likeness (QED) is 0.280. The Hall–Kier alpha value is -5.15. The van der Waals surface area contributed by atoms with Crippen molar-refractivity contribution in [3.05, 3.63) is 101 Å². The van der Waals surface area contributed by atoms with Gasteiger partial charge in [-0.1, -0.05) is 24.3 Å². The van der Waals surface area contributed by atoms with Gasteiger partial charge in [0, 0.05) is 42.1 Å². The van der Waals surface area contributed by atoms with E-state index in [1.165, 1.54) is 6.07 Å². The second-order valence-electron chi connectivity index (χ2n) is 10.3. The number of pyridine rings is 1. The molecule has 0 saturated carbocycles. The van der Waals surface area contributed by atoms with Crippen LogP contribution in [0, 0.1) is 5.82 Å². The molecule has 0 spiro atoms. The van der Waals surface area contributed by atoms with E-state index in [4.69, 9.17) is 9.47 Å². The molecule has 0 atom stereocenters. The van der Waals surface area contributed by atoms with Gasteiger partial charge in [-0.05, 0) is 53.2 Å². The highest BCUT2D eigenvalue weighted by Crippen LogP contribution is 2.47. The number of carbonyl (C=O) groups excluding carboxylic acids is 1. The molecule has 0 bridgehead atoms. The molecule has 41 heavy (non-hydrogen) atoms. The Morgan fingerprint density at radius 2 is 1.76 bits per heavy atom. The maximum Gasteiger partial charge on any atom is 0.259 e.